The Labute approximate surface area is 124 Å². The third-order valence-electron chi connectivity index (χ3n) is 2.85. The number of carbonyl (C=O) groups excluding carboxylic acids is 1. The van der Waals surface area contributed by atoms with Crippen molar-refractivity contribution in [2.75, 3.05) is 5.32 Å². The van der Waals surface area contributed by atoms with Gasteiger partial charge in [-0.15, -0.1) is 0 Å². The summed E-state index contributed by atoms with van der Waals surface area (Å²) in [6.45, 7) is 1.88. The predicted octanol–water partition coefficient (Wildman–Crippen LogP) is 2.94. The van der Waals surface area contributed by atoms with Gasteiger partial charge in [0.25, 0.3) is 0 Å². The van der Waals surface area contributed by atoms with Crippen molar-refractivity contribution >= 4 is 11.6 Å². The number of nitrogens with two attached hydrogens (primary N) is 1. The zero-order chi connectivity index (χ0) is 15.1. The molecule has 0 spiro atoms. The molecule has 2 rings (SSSR count). The Kier molecular flexibility index (Phi) is 5.29. The van der Waals surface area contributed by atoms with Gasteiger partial charge in [0.05, 0.1) is 6.20 Å². The molecule has 3 N–H and O–H groups in total. The molecule has 0 radical (unpaired) electrons. The summed E-state index contributed by atoms with van der Waals surface area (Å²) in [5, 5.41) is 2.80. The molecule has 1 aromatic carbocycles. The van der Waals surface area contributed by atoms with Crippen LogP contribution in [0.4, 0.5) is 5.69 Å². The number of hydrogen-bond donors (Lipinski definition) is 2. The minimum Gasteiger partial charge on any atom is -0.455 e. The Morgan fingerprint density at radius 3 is 2.81 bits per heavy atom. The second kappa shape index (κ2) is 7.40. The first-order chi connectivity index (χ1) is 10.1. The van der Waals surface area contributed by atoms with Crippen molar-refractivity contribution in [1.82, 2.24) is 4.98 Å². The van der Waals surface area contributed by atoms with Crippen LogP contribution in [0.1, 0.15) is 19.8 Å². The topological polar surface area (TPSA) is 77.2 Å². The molecule has 1 aromatic heterocycles. The van der Waals surface area contributed by atoms with E-state index in [9.17, 15) is 4.79 Å². The van der Waals surface area contributed by atoms with Crippen LogP contribution in [0.15, 0.2) is 48.8 Å². The third-order valence-corrected chi connectivity index (χ3v) is 2.85. The first-order valence-corrected chi connectivity index (χ1v) is 6.87. The van der Waals surface area contributed by atoms with E-state index in [1.165, 1.54) is 0 Å². The summed E-state index contributed by atoms with van der Waals surface area (Å²) in [4.78, 5) is 15.9. The summed E-state index contributed by atoms with van der Waals surface area (Å²) in [5.41, 5.74) is 6.20. The van der Waals surface area contributed by atoms with Crippen molar-refractivity contribution < 1.29 is 9.53 Å². The van der Waals surface area contributed by atoms with Gasteiger partial charge in [-0.05, 0) is 25.5 Å². The SMILES string of the molecule is CC(N)CCC(=O)Nc1cnccc1Oc1ccccc1. The van der Waals surface area contributed by atoms with E-state index >= 15 is 0 Å². The monoisotopic (exact) mass is 285 g/mol. The van der Waals surface area contributed by atoms with Crippen LogP contribution in [0.25, 0.3) is 0 Å². The number of rotatable bonds is 6. The second-order valence-corrected chi connectivity index (χ2v) is 4.85. The number of nitrogens with zero attached hydrogens (tertiary/aromatic N) is 1. The highest BCUT2D eigenvalue weighted by molar-refractivity contribution is 5.92. The largest absolute Gasteiger partial charge is 0.455 e. The fourth-order valence-corrected chi connectivity index (χ4v) is 1.75. The van der Waals surface area contributed by atoms with E-state index in [0.717, 1.165) is 0 Å². The Bertz CT molecular complexity index is 585. The molecule has 21 heavy (non-hydrogen) atoms. The number of aromatic nitrogens is 1. The molecule has 5 heteroatoms. The fraction of sp³-hybridized carbons (Fsp3) is 0.250. The number of pyridine rings is 1. The normalized spacial score (nSPS) is 11.7. The molecule has 0 bridgehead atoms. The van der Waals surface area contributed by atoms with Crippen LogP contribution in [0.5, 0.6) is 11.5 Å². The van der Waals surface area contributed by atoms with Crippen LogP contribution in [-0.4, -0.2) is 16.9 Å². The van der Waals surface area contributed by atoms with Gasteiger partial charge in [0.1, 0.15) is 11.4 Å². The number of benzene rings is 1. The van der Waals surface area contributed by atoms with Gasteiger partial charge in [-0.1, -0.05) is 18.2 Å². The zero-order valence-electron chi connectivity index (χ0n) is 12.0. The van der Waals surface area contributed by atoms with Gasteiger partial charge in [-0.3, -0.25) is 9.78 Å². The third kappa shape index (κ3) is 4.89. The first kappa shape index (κ1) is 15.0. The number of para-hydroxylation sites is 1. The van der Waals surface area contributed by atoms with Crippen molar-refractivity contribution in [1.29, 1.82) is 0 Å². The number of carbonyl (C=O) groups is 1. The smallest absolute Gasteiger partial charge is 0.224 e. The predicted molar refractivity (Wildman–Crippen MR) is 82.3 cm³/mol. The highest BCUT2D eigenvalue weighted by Gasteiger charge is 2.09. The van der Waals surface area contributed by atoms with E-state index in [4.69, 9.17) is 10.5 Å². The highest BCUT2D eigenvalue weighted by atomic mass is 16.5. The molecule has 1 atom stereocenters. The summed E-state index contributed by atoms with van der Waals surface area (Å²) in [6.07, 6.45) is 4.20. The number of anilines is 1. The van der Waals surface area contributed by atoms with Crippen LogP contribution in [0.3, 0.4) is 0 Å². The lowest BCUT2D eigenvalue weighted by Gasteiger charge is -2.12. The number of hydrogen-bond acceptors (Lipinski definition) is 4. The average Bonchev–Trinajstić information content (AvgIpc) is 2.48. The lowest BCUT2D eigenvalue weighted by atomic mass is 10.2. The van der Waals surface area contributed by atoms with Gasteiger partial charge in [0, 0.05) is 24.7 Å². The van der Waals surface area contributed by atoms with Crippen molar-refractivity contribution in [2.45, 2.75) is 25.8 Å². The fourth-order valence-electron chi connectivity index (χ4n) is 1.75. The highest BCUT2D eigenvalue weighted by Crippen LogP contribution is 2.28. The molecule has 110 valence electrons. The van der Waals surface area contributed by atoms with Gasteiger partial charge in [0.2, 0.25) is 5.91 Å². The summed E-state index contributed by atoms with van der Waals surface area (Å²) in [7, 11) is 0. The Balaban J connectivity index is 2.05. The minimum atomic E-state index is -0.0989. The van der Waals surface area contributed by atoms with E-state index in [1.54, 1.807) is 18.5 Å². The van der Waals surface area contributed by atoms with Crippen LogP contribution >= 0.6 is 0 Å². The number of amides is 1. The quantitative estimate of drug-likeness (QED) is 0.855. The van der Waals surface area contributed by atoms with Crippen molar-refractivity contribution in [3.63, 3.8) is 0 Å². The van der Waals surface area contributed by atoms with E-state index in [2.05, 4.69) is 10.3 Å². The molecule has 0 saturated heterocycles. The van der Waals surface area contributed by atoms with Crippen molar-refractivity contribution in [3.8, 4) is 11.5 Å². The van der Waals surface area contributed by atoms with E-state index < -0.39 is 0 Å². The van der Waals surface area contributed by atoms with Gasteiger partial charge >= 0.3 is 0 Å². The summed E-state index contributed by atoms with van der Waals surface area (Å²) in [6, 6.07) is 11.1. The zero-order valence-corrected chi connectivity index (χ0v) is 12.0. The molecule has 0 aliphatic carbocycles. The maximum Gasteiger partial charge on any atom is 0.224 e. The molecule has 0 aliphatic heterocycles. The number of ether oxygens (including phenoxy) is 1. The molecule has 0 fully saturated rings. The molecule has 0 aliphatic rings. The van der Waals surface area contributed by atoms with Gasteiger partial charge in [0.15, 0.2) is 5.75 Å². The van der Waals surface area contributed by atoms with E-state index in [-0.39, 0.29) is 11.9 Å². The maximum atomic E-state index is 11.9. The lowest BCUT2D eigenvalue weighted by molar-refractivity contribution is -0.116. The molecule has 0 saturated carbocycles. The Hall–Kier alpha value is -2.40. The van der Waals surface area contributed by atoms with Crippen LogP contribution in [0, 0.1) is 0 Å². The van der Waals surface area contributed by atoms with Gasteiger partial charge in [-0.25, -0.2) is 0 Å². The first-order valence-electron chi connectivity index (χ1n) is 6.87. The van der Waals surface area contributed by atoms with Gasteiger partial charge in [-0.2, -0.15) is 0 Å². The Morgan fingerprint density at radius 2 is 2.10 bits per heavy atom. The summed E-state index contributed by atoms with van der Waals surface area (Å²) in [5.74, 6) is 1.17. The lowest BCUT2D eigenvalue weighted by Crippen LogP contribution is -2.19. The number of nitrogens with one attached hydrogen (secondary N) is 1. The summed E-state index contributed by atoms with van der Waals surface area (Å²) >= 11 is 0. The molecule has 5 nitrogen and oxygen atoms in total. The molecule has 2 aromatic rings. The van der Waals surface area contributed by atoms with Crippen LogP contribution in [0.2, 0.25) is 0 Å². The standard InChI is InChI=1S/C16H19N3O2/c1-12(17)7-8-16(20)19-14-11-18-10-9-15(14)21-13-5-3-2-4-6-13/h2-6,9-12H,7-8,17H2,1H3,(H,19,20). The van der Waals surface area contributed by atoms with Crippen LogP contribution in [-0.2, 0) is 4.79 Å². The maximum absolute atomic E-state index is 11.9. The molecular weight excluding hydrogens is 266 g/mol. The van der Waals surface area contributed by atoms with Crippen molar-refractivity contribution in [2.24, 2.45) is 5.73 Å². The minimum absolute atomic E-state index is 0.00434. The van der Waals surface area contributed by atoms with Crippen molar-refractivity contribution in [3.05, 3.63) is 48.8 Å². The van der Waals surface area contributed by atoms with Gasteiger partial charge < -0.3 is 15.8 Å². The van der Waals surface area contributed by atoms with E-state index in [1.807, 2.05) is 37.3 Å². The molecule has 1 amide bonds. The van der Waals surface area contributed by atoms with Crippen LogP contribution < -0.4 is 15.8 Å². The summed E-state index contributed by atoms with van der Waals surface area (Å²) < 4.78 is 5.76. The molecule has 1 heterocycles. The average molecular weight is 285 g/mol. The molecule has 1 unspecified atom stereocenters. The Morgan fingerprint density at radius 1 is 1.33 bits per heavy atom. The van der Waals surface area contributed by atoms with E-state index in [0.29, 0.717) is 30.0 Å². The molecular formula is C16H19N3O2. The second-order valence-electron chi connectivity index (χ2n) is 4.85.